The lowest BCUT2D eigenvalue weighted by atomic mass is 9.69. The Balaban J connectivity index is 2.11. The van der Waals surface area contributed by atoms with Crippen LogP contribution in [0, 0.1) is 5.92 Å². The molecule has 0 radical (unpaired) electrons. The van der Waals surface area contributed by atoms with Crippen molar-refractivity contribution in [3.8, 4) is 0 Å². The molecule has 1 saturated carbocycles. The van der Waals surface area contributed by atoms with Crippen LogP contribution in [0.4, 0.5) is 0 Å². The van der Waals surface area contributed by atoms with Gasteiger partial charge in [0.2, 0.25) is 0 Å². The molecule has 1 unspecified atom stereocenters. The molecule has 0 amide bonds. The van der Waals surface area contributed by atoms with Gasteiger partial charge < -0.3 is 5.32 Å². The lowest BCUT2D eigenvalue weighted by molar-refractivity contribution is 0.162. The highest BCUT2D eigenvalue weighted by Crippen LogP contribution is 2.50. The first-order valence-corrected chi connectivity index (χ1v) is 7.26. The maximum absolute atomic E-state index is 3.66. The summed E-state index contributed by atoms with van der Waals surface area (Å²) in [6.45, 7) is 0. The predicted octanol–water partition coefficient (Wildman–Crippen LogP) is 3.40. The number of thioether (sulfide) groups is 1. The first-order valence-electron chi connectivity index (χ1n) is 6.28. The quantitative estimate of drug-likeness (QED) is 0.798. The topological polar surface area (TPSA) is 12.0 Å². The molecule has 3 rings (SSSR count). The van der Waals surface area contributed by atoms with Crippen molar-refractivity contribution < 1.29 is 0 Å². The molecular formula is C14H19NS. The fourth-order valence-corrected chi connectivity index (χ4v) is 4.85. The van der Waals surface area contributed by atoms with Crippen molar-refractivity contribution in [3.05, 3.63) is 29.8 Å². The SMILES string of the molecule is CN[C@]12CCCCC1CSc1ccccc12. The van der Waals surface area contributed by atoms with Gasteiger partial charge in [-0.15, -0.1) is 11.8 Å². The molecule has 2 heteroatoms. The molecule has 1 aromatic rings. The summed E-state index contributed by atoms with van der Waals surface area (Å²) in [6, 6.07) is 8.97. The van der Waals surface area contributed by atoms with E-state index in [0.717, 1.165) is 5.92 Å². The summed E-state index contributed by atoms with van der Waals surface area (Å²) in [5, 5.41) is 3.66. The molecule has 1 heterocycles. The third kappa shape index (κ3) is 1.43. The minimum atomic E-state index is 0.278. The van der Waals surface area contributed by atoms with Gasteiger partial charge >= 0.3 is 0 Å². The number of rotatable bonds is 1. The molecule has 1 fully saturated rings. The van der Waals surface area contributed by atoms with E-state index in [0.29, 0.717) is 0 Å². The average molecular weight is 233 g/mol. The molecule has 1 N–H and O–H groups in total. The summed E-state index contributed by atoms with van der Waals surface area (Å²) in [6.07, 6.45) is 5.49. The van der Waals surface area contributed by atoms with E-state index in [1.54, 1.807) is 5.56 Å². The fourth-order valence-electron chi connectivity index (χ4n) is 3.44. The largest absolute Gasteiger partial charge is 0.310 e. The number of nitrogens with one attached hydrogen (secondary N) is 1. The van der Waals surface area contributed by atoms with E-state index < -0.39 is 0 Å². The second kappa shape index (κ2) is 4.08. The van der Waals surface area contributed by atoms with Crippen LogP contribution in [0.3, 0.4) is 0 Å². The highest BCUT2D eigenvalue weighted by molar-refractivity contribution is 7.99. The molecule has 86 valence electrons. The monoisotopic (exact) mass is 233 g/mol. The highest BCUT2D eigenvalue weighted by Gasteiger charge is 2.44. The van der Waals surface area contributed by atoms with Gasteiger partial charge in [0.1, 0.15) is 0 Å². The smallest absolute Gasteiger partial charge is 0.0479 e. The molecule has 0 aromatic heterocycles. The second-order valence-corrected chi connectivity index (χ2v) is 6.03. The van der Waals surface area contributed by atoms with Gasteiger partial charge in [-0.2, -0.15) is 0 Å². The van der Waals surface area contributed by atoms with E-state index in [9.17, 15) is 0 Å². The Hall–Kier alpha value is -0.470. The Morgan fingerprint density at radius 2 is 2.19 bits per heavy atom. The fraction of sp³-hybridized carbons (Fsp3) is 0.571. The van der Waals surface area contributed by atoms with Crippen LogP contribution >= 0.6 is 11.8 Å². The van der Waals surface area contributed by atoms with Crippen LogP contribution in [-0.2, 0) is 5.54 Å². The van der Waals surface area contributed by atoms with Crippen molar-refractivity contribution in [2.45, 2.75) is 36.1 Å². The summed E-state index contributed by atoms with van der Waals surface area (Å²) in [7, 11) is 2.14. The van der Waals surface area contributed by atoms with Crippen LogP contribution in [0.1, 0.15) is 31.2 Å². The van der Waals surface area contributed by atoms with E-state index in [2.05, 4.69) is 36.6 Å². The normalized spacial score (nSPS) is 32.9. The first-order chi connectivity index (χ1) is 7.87. The Labute approximate surface area is 102 Å². The van der Waals surface area contributed by atoms with E-state index >= 15 is 0 Å². The summed E-state index contributed by atoms with van der Waals surface area (Å²) >= 11 is 2.05. The standard InChI is InChI=1S/C14H19NS/c1-15-14-9-5-4-6-11(14)10-16-13-8-3-2-7-12(13)14/h2-3,7-8,11,15H,4-6,9-10H2,1H3/t11?,14-/m1/s1. The van der Waals surface area contributed by atoms with Gasteiger partial charge in [-0.1, -0.05) is 31.0 Å². The molecule has 0 spiro atoms. The zero-order valence-corrected chi connectivity index (χ0v) is 10.6. The van der Waals surface area contributed by atoms with Crippen molar-refractivity contribution in [1.29, 1.82) is 0 Å². The maximum atomic E-state index is 3.66. The van der Waals surface area contributed by atoms with Gasteiger partial charge in [0.05, 0.1) is 0 Å². The van der Waals surface area contributed by atoms with Crippen molar-refractivity contribution in [2.24, 2.45) is 5.92 Å². The molecule has 1 aliphatic carbocycles. The molecule has 16 heavy (non-hydrogen) atoms. The molecule has 0 saturated heterocycles. The summed E-state index contributed by atoms with van der Waals surface area (Å²) in [5.74, 6) is 2.11. The lowest BCUT2D eigenvalue weighted by Crippen LogP contribution is -2.51. The van der Waals surface area contributed by atoms with Crippen LogP contribution < -0.4 is 5.32 Å². The lowest BCUT2D eigenvalue weighted by Gasteiger charge is -2.48. The molecule has 1 aliphatic heterocycles. The summed E-state index contributed by atoms with van der Waals surface area (Å²) < 4.78 is 0. The maximum Gasteiger partial charge on any atom is 0.0479 e. The third-order valence-electron chi connectivity index (χ3n) is 4.32. The van der Waals surface area contributed by atoms with Crippen LogP contribution in [-0.4, -0.2) is 12.8 Å². The van der Waals surface area contributed by atoms with E-state index in [1.165, 1.54) is 36.3 Å². The molecule has 1 aromatic carbocycles. The molecule has 1 nitrogen and oxygen atoms in total. The van der Waals surface area contributed by atoms with Crippen LogP contribution in [0.5, 0.6) is 0 Å². The average Bonchev–Trinajstić information content (AvgIpc) is 2.38. The Kier molecular flexibility index (Phi) is 2.72. The number of hydrogen-bond acceptors (Lipinski definition) is 2. The van der Waals surface area contributed by atoms with Gasteiger partial charge in [0, 0.05) is 16.2 Å². The van der Waals surface area contributed by atoms with Crippen molar-refractivity contribution in [1.82, 2.24) is 5.32 Å². The molecule has 2 aliphatic rings. The summed E-state index contributed by atoms with van der Waals surface area (Å²) in [4.78, 5) is 1.50. The van der Waals surface area contributed by atoms with Crippen molar-refractivity contribution in [2.75, 3.05) is 12.8 Å². The van der Waals surface area contributed by atoms with Crippen molar-refractivity contribution >= 4 is 11.8 Å². The molecular weight excluding hydrogens is 214 g/mol. The Bertz CT molecular complexity index is 390. The van der Waals surface area contributed by atoms with Gasteiger partial charge in [0.25, 0.3) is 0 Å². The van der Waals surface area contributed by atoms with Gasteiger partial charge in [-0.3, -0.25) is 0 Å². The number of fused-ring (bicyclic) bond motifs is 3. The Morgan fingerprint density at radius 1 is 1.31 bits per heavy atom. The second-order valence-electron chi connectivity index (χ2n) is 4.97. The number of benzene rings is 1. The Morgan fingerprint density at radius 3 is 3.06 bits per heavy atom. The van der Waals surface area contributed by atoms with E-state index in [4.69, 9.17) is 0 Å². The van der Waals surface area contributed by atoms with E-state index in [1.807, 2.05) is 11.8 Å². The third-order valence-corrected chi connectivity index (χ3v) is 5.56. The predicted molar refractivity (Wildman–Crippen MR) is 69.9 cm³/mol. The minimum Gasteiger partial charge on any atom is -0.310 e. The summed E-state index contributed by atoms with van der Waals surface area (Å²) in [5.41, 5.74) is 1.83. The zero-order chi connectivity index (χ0) is 11.0. The zero-order valence-electron chi connectivity index (χ0n) is 9.83. The van der Waals surface area contributed by atoms with Crippen molar-refractivity contribution in [3.63, 3.8) is 0 Å². The van der Waals surface area contributed by atoms with Crippen LogP contribution in [0.2, 0.25) is 0 Å². The first kappa shape index (κ1) is 10.7. The van der Waals surface area contributed by atoms with Crippen LogP contribution in [0.25, 0.3) is 0 Å². The molecule has 0 bridgehead atoms. The van der Waals surface area contributed by atoms with Gasteiger partial charge in [-0.05, 0) is 37.4 Å². The minimum absolute atomic E-state index is 0.278. The van der Waals surface area contributed by atoms with E-state index in [-0.39, 0.29) is 5.54 Å². The number of hydrogen-bond donors (Lipinski definition) is 1. The molecule has 2 atom stereocenters. The van der Waals surface area contributed by atoms with Crippen LogP contribution in [0.15, 0.2) is 29.2 Å². The van der Waals surface area contributed by atoms with Gasteiger partial charge in [0.15, 0.2) is 0 Å². The highest BCUT2D eigenvalue weighted by atomic mass is 32.2. The van der Waals surface area contributed by atoms with Gasteiger partial charge in [-0.25, -0.2) is 0 Å².